The maximum atomic E-state index is 5.29. The van der Waals surface area contributed by atoms with E-state index in [0.717, 1.165) is 38.3 Å². The van der Waals surface area contributed by atoms with Crippen LogP contribution in [-0.4, -0.2) is 38.1 Å². The van der Waals surface area contributed by atoms with E-state index in [9.17, 15) is 0 Å². The lowest BCUT2D eigenvalue weighted by Crippen LogP contribution is -2.36. The van der Waals surface area contributed by atoms with E-state index in [-0.39, 0.29) is 0 Å². The SMILES string of the molecule is C/C(=N\OCCNC1CCOCC1)C(C)C. The summed E-state index contributed by atoms with van der Waals surface area (Å²) >= 11 is 0. The first-order valence-corrected chi connectivity index (χ1v) is 6.17. The Hall–Kier alpha value is -0.610. The maximum Gasteiger partial charge on any atom is 0.129 e. The molecule has 1 rings (SSSR count). The summed E-state index contributed by atoms with van der Waals surface area (Å²) < 4.78 is 5.29. The van der Waals surface area contributed by atoms with Crippen LogP contribution in [0.25, 0.3) is 0 Å². The van der Waals surface area contributed by atoms with E-state index in [1.165, 1.54) is 0 Å². The predicted octanol–water partition coefficient (Wildman–Crippen LogP) is 1.80. The smallest absolute Gasteiger partial charge is 0.129 e. The lowest BCUT2D eigenvalue weighted by atomic mass is 10.1. The minimum atomic E-state index is 0.462. The van der Waals surface area contributed by atoms with E-state index in [4.69, 9.17) is 9.57 Å². The largest absolute Gasteiger partial charge is 0.394 e. The molecular formula is C12H24N2O2. The van der Waals surface area contributed by atoms with Crippen LogP contribution in [0.5, 0.6) is 0 Å². The second-order valence-electron chi connectivity index (χ2n) is 4.56. The quantitative estimate of drug-likeness (QED) is 0.428. The molecule has 0 aromatic carbocycles. The molecule has 1 heterocycles. The monoisotopic (exact) mass is 228 g/mol. The molecular weight excluding hydrogens is 204 g/mol. The minimum Gasteiger partial charge on any atom is -0.394 e. The van der Waals surface area contributed by atoms with Gasteiger partial charge in [-0.05, 0) is 25.7 Å². The molecule has 16 heavy (non-hydrogen) atoms. The van der Waals surface area contributed by atoms with Gasteiger partial charge < -0.3 is 14.9 Å². The molecule has 0 saturated carbocycles. The van der Waals surface area contributed by atoms with E-state index in [0.29, 0.717) is 18.6 Å². The molecule has 1 aliphatic heterocycles. The molecule has 1 N–H and O–H groups in total. The highest BCUT2D eigenvalue weighted by atomic mass is 16.6. The molecule has 0 radical (unpaired) electrons. The second-order valence-corrected chi connectivity index (χ2v) is 4.56. The van der Waals surface area contributed by atoms with Crippen LogP contribution in [0.2, 0.25) is 0 Å². The van der Waals surface area contributed by atoms with E-state index in [2.05, 4.69) is 24.3 Å². The fourth-order valence-electron chi connectivity index (χ4n) is 1.46. The minimum absolute atomic E-state index is 0.462. The number of ether oxygens (including phenoxy) is 1. The zero-order valence-electron chi connectivity index (χ0n) is 10.7. The van der Waals surface area contributed by atoms with Crippen molar-refractivity contribution in [3.63, 3.8) is 0 Å². The van der Waals surface area contributed by atoms with E-state index in [1.54, 1.807) is 0 Å². The van der Waals surface area contributed by atoms with Crippen LogP contribution in [0.3, 0.4) is 0 Å². The lowest BCUT2D eigenvalue weighted by Gasteiger charge is -2.22. The molecule has 1 saturated heterocycles. The molecule has 0 aromatic heterocycles. The van der Waals surface area contributed by atoms with Gasteiger partial charge in [0.05, 0.1) is 5.71 Å². The first-order valence-electron chi connectivity index (χ1n) is 6.17. The average Bonchev–Trinajstić information content (AvgIpc) is 2.29. The third kappa shape index (κ3) is 5.47. The van der Waals surface area contributed by atoms with Gasteiger partial charge in [0.15, 0.2) is 0 Å². The summed E-state index contributed by atoms with van der Waals surface area (Å²) in [6, 6.07) is 0.590. The van der Waals surface area contributed by atoms with Crippen molar-refractivity contribution in [3.05, 3.63) is 0 Å². The van der Waals surface area contributed by atoms with E-state index in [1.807, 2.05) is 6.92 Å². The van der Waals surface area contributed by atoms with Crippen molar-refractivity contribution >= 4 is 5.71 Å². The Morgan fingerprint density at radius 2 is 2.12 bits per heavy atom. The van der Waals surface area contributed by atoms with E-state index < -0.39 is 0 Å². The van der Waals surface area contributed by atoms with Crippen molar-refractivity contribution in [1.29, 1.82) is 0 Å². The molecule has 1 fully saturated rings. The number of hydrogen-bond acceptors (Lipinski definition) is 4. The Balaban J connectivity index is 2.01. The number of hydrogen-bond donors (Lipinski definition) is 1. The van der Waals surface area contributed by atoms with Crippen molar-refractivity contribution in [2.24, 2.45) is 11.1 Å². The number of nitrogens with one attached hydrogen (secondary N) is 1. The molecule has 0 atom stereocenters. The Morgan fingerprint density at radius 1 is 1.44 bits per heavy atom. The van der Waals surface area contributed by atoms with Crippen molar-refractivity contribution in [1.82, 2.24) is 5.32 Å². The third-order valence-electron chi connectivity index (χ3n) is 2.89. The summed E-state index contributed by atoms with van der Waals surface area (Å²) in [6.45, 7) is 9.48. The summed E-state index contributed by atoms with van der Waals surface area (Å²) in [5.74, 6) is 0.462. The van der Waals surface area contributed by atoms with Gasteiger partial charge in [-0.2, -0.15) is 0 Å². The van der Waals surface area contributed by atoms with Crippen LogP contribution in [0.4, 0.5) is 0 Å². The third-order valence-corrected chi connectivity index (χ3v) is 2.89. The summed E-state index contributed by atoms with van der Waals surface area (Å²) in [5.41, 5.74) is 1.05. The second kappa shape index (κ2) is 7.63. The van der Waals surface area contributed by atoms with Gasteiger partial charge in [0.25, 0.3) is 0 Å². The fraction of sp³-hybridized carbons (Fsp3) is 0.917. The number of nitrogens with zero attached hydrogens (tertiary/aromatic N) is 1. The van der Waals surface area contributed by atoms with Gasteiger partial charge in [0.2, 0.25) is 0 Å². The molecule has 0 bridgehead atoms. The molecule has 0 aromatic rings. The predicted molar refractivity (Wildman–Crippen MR) is 65.7 cm³/mol. The molecule has 4 heteroatoms. The van der Waals surface area contributed by atoms with Gasteiger partial charge in [0, 0.05) is 25.8 Å². The van der Waals surface area contributed by atoms with Gasteiger partial charge in [-0.1, -0.05) is 19.0 Å². The standard InChI is InChI=1S/C12H24N2O2/c1-10(2)11(3)14-16-9-6-13-12-4-7-15-8-5-12/h10,12-13H,4-9H2,1-3H3/b14-11+. The van der Waals surface area contributed by atoms with Gasteiger partial charge in [-0.15, -0.1) is 0 Å². The van der Waals surface area contributed by atoms with Gasteiger partial charge >= 0.3 is 0 Å². The summed E-state index contributed by atoms with van der Waals surface area (Å²) in [4.78, 5) is 5.24. The number of rotatable bonds is 6. The topological polar surface area (TPSA) is 42.8 Å². The summed E-state index contributed by atoms with van der Waals surface area (Å²) in [6.07, 6.45) is 2.21. The Morgan fingerprint density at radius 3 is 2.75 bits per heavy atom. The maximum absolute atomic E-state index is 5.29. The van der Waals surface area contributed by atoms with Gasteiger partial charge in [-0.25, -0.2) is 0 Å². The Labute approximate surface area is 98.4 Å². The molecule has 4 nitrogen and oxygen atoms in total. The van der Waals surface area contributed by atoms with Crippen molar-refractivity contribution < 1.29 is 9.57 Å². The zero-order valence-corrected chi connectivity index (χ0v) is 10.7. The Kier molecular flexibility index (Phi) is 6.42. The van der Waals surface area contributed by atoms with Crippen molar-refractivity contribution in [2.45, 2.75) is 39.7 Å². The van der Waals surface area contributed by atoms with E-state index >= 15 is 0 Å². The highest BCUT2D eigenvalue weighted by Crippen LogP contribution is 2.05. The van der Waals surface area contributed by atoms with Crippen LogP contribution in [0.1, 0.15) is 33.6 Å². The molecule has 94 valence electrons. The van der Waals surface area contributed by atoms with Crippen LogP contribution in [0, 0.1) is 5.92 Å². The van der Waals surface area contributed by atoms with Gasteiger partial charge in [-0.3, -0.25) is 0 Å². The zero-order chi connectivity index (χ0) is 11.8. The van der Waals surface area contributed by atoms with Crippen LogP contribution >= 0.6 is 0 Å². The first-order chi connectivity index (χ1) is 7.70. The van der Waals surface area contributed by atoms with Crippen molar-refractivity contribution in [3.8, 4) is 0 Å². The normalized spacial score (nSPS) is 19.1. The molecule has 0 spiro atoms. The molecule has 0 amide bonds. The molecule has 0 aliphatic carbocycles. The molecule has 0 unspecified atom stereocenters. The summed E-state index contributed by atoms with van der Waals surface area (Å²) in [7, 11) is 0. The first kappa shape index (κ1) is 13.5. The highest BCUT2D eigenvalue weighted by molar-refractivity contribution is 5.83. The fourth-order valence-corrected chi connectivity index (χ4v) is 1.46. The van der Waals surface area contributed by atoms with Crippen molar-refractivity contribution in [2.75, 3.05) is 26.4 Å². The molecule has 1 aliphatic rings. The van der Waals surface area contributed by atoms with Crippen LogP contribution < -0.4 is 5.32 Å². The lowest BCUT2D eigenvalue weighted by molar-refractivity contribution is 0.0734. The Bertz CT molecular complexity index is 211. The van der Waals surface area contributed by atoms with Crippen LogP contribution in [0.15, 0.2) is 5.16 Å². The highest BCUT2D eigenvalue weighted by Gasteiger charge is 2.12. The average molecular weight is 228 g/mol. The van der Waals surface area contributed by atoms with Crippen LogP contribution in [-0.2, 0) is 9.57 Å². The van der Waals surface area contributed by atoms with Gasteiger partial charge in [0.1, 0.15) is 6.61 Å². The number of oxime groups is 1. The summed E-state index contributed by atoms with van der Waals surface area (Å²) in [5, 5.41) is 7.51.